The number of methoxy groups -OCH3 is 1. The first-order valence-corrected chi connectivity index (χ1v) is 12.2. The predicted octanol–water partition coefficient (Wildman–Crippen LogP) is 4.42. The smallest absolute Gasteiger partial charge is 0.468 e. The van der Waals surface area contributed by atoms with Crippen LogP contribution in [0.3, 0.4) is 0 Å². The van der Waals surface area contributed by atoms with Crippen LogP contribution in [0.4, 0.5) is 14.4 Å². The molecular weight excluding hydrogens is 514 g/mol. The molecule has 2 aromatic carbocycles. The topological polar surface area (TPSA) is 145 Å². The maximum absolute atomic E-state index is 12.4. The molecule has 0 radical (unpaired) electrons. The second kappa shape index (κ2) is 15.8. The number of rotatable bonds is 12. The van der Waals surface area contributed by atoms with Crippen LogP contribution in [-0.4, -0.2) is 62.9 Å². The van der Waals surface area contributed by atoms with Gasteiger partial charge in [0, 0.05) is 6.54 Å². The lowest BCUT2D eigenvalue weighted by atomic mass is 10.1. The van der Waals surface area contributed by atoms with Gasteiger partial charge in [-0.25, -0.2) is 14.4 Å². The fourth-order valence-corrected chi connectivity index (χ4v) is 3.05. The number of carbonyl (C=O) groups is 4. The van der Waals surface area contributed by atoms with Gasteiger partial charge in [0.25, 0.3) is 0 Å². The fraction of sp³-hybridized carbons (Fsp3) is 0.407. The van der Waals surface area contributed by atoms with Gasteiger partial charge in [-0.05, 0) is 63.9 Å². The average molecular weight is 548 g/mol. The lowest BCUT2D eigenvalue weighted by Crippen LogP contribution is -2.41. The lowest BCUT2D eigenvalue weighted by Gasteiger charge is -2.18. The van der Waals surface area contributed by atoms with Gasteiger partial charge in [-0.1, -0.05) is 24.3 Å². The normalized spacial score (nSPS) is 11.4. The van der Waals surface area contributed by atoms with Gasteiger partial charge in [0.05, 0.1) is 19.3 Å². The zero-order chi connectivity index (χ0) is 28.8. The van der Waals surface area contributed by atoms with E-state index < -0.39 is 42.7 Å². The Balaban J connectivity index is 2.06. The van der Waals surface area contributed by atoms with Gasteiger partial charge in [-0.15, -0.1) is 0 Å². The summed E-state index contributed by atoms with van der Waals surface area (Å²) in [6.07, 6.45) is -3.67. The number of benzene rings is 2. The van der Waals surface area contributed by atoms with Crippen LogP contribution in [0, 0.1) is 0 Å². The molecule has 39 heavy (non-hydrogen) atoms. The summed E-state index contributed by atoms with van der Waals surface area (Å²) >= 11 is 0. The monoisotopic (exact) mass is 547 g/mol. The molecule has 2 rings (SSSR count). The molecule has 0 bridgehead atoms. The minimum absolute atomic E-state index is 0.0840. The zero-order valence-corrected chi connectivity index (χ0v) is 22.5. The largest absolute Gasteiger partial charge is 0.514 e. The summed E-state index contributed by atoms with van der Waals surface area (Å²) < 4.78 is 35.3. The quantitative estimate of drug-likeness (QED) is 0.174. The Morgan fingerprint density at radius 2 is 1.38 bits per heavy atom. The molecule has 0 amide bonds. The van der Waals surface area contributed by atoms with Crippen LogP contribution < -0.4 is 19.5 Å². The van der Waals surface area contributed by atoms with Crippen molar-refractivity contribution in [2.45, 2.75) is 52.4 Å². The highest BCUT2D eigenvalue weighted by molar-refractivity contribution is 5.76. The minimum Gasteiger partial charge on any atom is -0.468 e. The third kappa shape index (κ3) is 11.7. The molecule has 1 atom stereocenters. The van der Waals surface area contributed by atoms with Crippen LogP contribution in [0.15, 0.2) is 48.5 Å². The molecule has 1 N–H and O–H groups in total. The molecule has 12 nitrogen and oxygen atoms in total. The van der Waals surface area contributed by atoms with Gasteiger partial charge in [0.15, 0.2) is 11.5 Å². The molecule has 0 fully saturated rings. The highest BCUT2D eigenvalue weighted by Crippen LogP contribution is 2.30. The summed E-state index contributed by atoms with van der Waals surface area (Å²) in [6.45, 7) is 6.62. The van der Waals surface area contributed by atoms with E-state index in [1.54, 1.807) is 64.1 Å². The van der Waals surface area contributed by atoms with Crippen LogP contribution in [0.2, 0.25) is 0 Å². The Kier molecular flexibility index (Phi) is 12.5. The first kappa shape index (κ1) is 30.9. The number of ether oxygens (including phenoxy) is 7. The van der Waals surface area contributed by atoms with E-state index in [0.29, 0.717) is 11.3 Å². The van der Waals surface area contributed by atoms with E-state index >= 15 is 0 Å². The molecule has 212 valence electrons. The number of carbonyl (C=O) groups excluding carboxylic acids is 4. The molecule has 0 aliphatic carbocycles. The highest BCUT2D eigenvalue weighted by atomic mass is 16.8. The number of para-hydroxylation sites is 1. The van der Waals surface area contributed by atoms with Crippen molar-refractivity contribution in [2.75, 3.05) is 20.3 Å². The Morgan fingerprint density at radius 1 is 0.769 bits per heavy atom. The molecule has 0 aliphatic rings. The summed E-state index contributed by atoms with van der Waals surface area (Å²) in [5, 5.41) is 2.95. The molecule has 0 saturated heterocycles. The summed E-state index contributed by atoms with van der Waals surface area (Å²) in [5.74, 6) is -0.444. The molecule has 0 saturated carbocycles. The van der Waals surface area contributed by atoms with Crippen molar-refractivity contribution >= 4 is 24.4 Å². The number of esters is 1. The van der Waals surface area contributed by atoms with Crippen LogP contribution in [0.25, 0.3) is 0 Å². The van der Waals surface area contributed by atoms with Crippen molar-refractivity contribution in [3.05, 3.63) is 54.1 Å². The van der Waals surface area contributed by atoms with Gasteiger partial charge in [0.1, 0.15) is 18.4 Å². The Labute approximate surface area is 226 Å². The molecule has 0 aromatic heterocycles. The Bertz CT molecular complexity index is 1100. The molecule has 12 heteroatoms. The Morgan fingerprint density at radius 3 is 1.97 bits per heavy atom. The van der Waals surface area contributed by atoms with Crippen molar-refractivity contribution < 1.29 is 52.3 Å². The van der Waals surface area contributed by atoms with Crippen LogP contribution in [0.1, 0.15) is 33.3 Å². The number of hydrogen-bond acceptors (Lipinski definition) is 12. The van der Waals surface area contributed by atoms with Crippen molar-refractivity contribution in [1.29, 1.82) is 0 Å². The third-order valence-electron chi connectivity index (χ3n) is 4.64. The standard InChI is InChI=1S/C27H33NO11/c1-17(2)35-26(31)38-22-12-11-19(16-23(22)39-27(32)36-18(3)4)15-21(24(29)33-5)28-13-14-34-25(30)37-20-9-7-6-8-10-20/h6-12,16-18,21,28H,13-15H2,1-5H3/t21-/m0/s1. The van der Waals surface area contributed by atoms with Gasteiger partial charge in [0.2, 0.25) is 0 Å². The Hall–Kier alpha value is -4.32. The van der Waals surface area contributed by atoms with Crippen molar-refractivity contribution in [3.8, 4) is 17.2 Å². The molecule has 0 spiro atoms. The summed E-state index contributed by atoms with van der Waals surface area (Å²) in [4.78, 5) is 48.3. The second-order valence-electron chi connectivity index (χ2n) is 8.57. The van der Waals surface area contributed by atoms with Gasteiger partial charge in [-0.2, -0.15) is 0 Å². The molecule has 2 aromatic rings. The number of hydrogen-bond donors (Lipinski definition) is 1. The molecule has 0 unspecified atom stereocenters. The van der Waals surface area contributed by atoms with Crippen LogP contribution in [0.5, 0.6) is 17.2 Å². The summed E-state index contributed by atoms with van der Waals surface area (Å²) in [6, 6.07) is 12.0. The average Bonchev–Trinajstić information content (AvgIpc) is 2.86. The maximum atomic E-state index is 12.4. The van der Waals surface area contributed by atoms with Crippen LogP contribution in [-0.2, 0) is 30.2 Å². The highest BCUT2D eigenvalue weighted by Gasteiger charge is 2.22. The van der Waals surface area contributed by atoms with E-state index in [2.05, 4.69) is 5.32 Å². The van der Waals surface area contributed by atoms with E-state index in [-0.39, 0.29) is 31.1 Å². The van der Waals surface area contributed by atoms with Gasteiger partial charge < -0.3 is 38.5 Å². The second-order valence-corrected chi connectivity index (χ2v) is 8.57. The van der Waals surface area contributed by atoms with Crippen LogP contribution >= 0.6 is 0 Å². The van der Waals surface area contributed by atoms with E-state index in [1.165, 1.54) is 19.2 Å². The van der Waals surface area contributed by atoms with Gasteiger partial charge >= 0.3 is 24.4 Å². The predicted molar refractivity (Wildman–Crippen MR) is 137 cm³/mol. The van der Waals surface area contributed by atoms with Crippen molar-refractivity contribution in [3.63, 3.8) is 0 Å². The van der Waals surface area contributed by atoms with Gasteiger partial charge in [-0.3, -0.25) is 4.79 Å². The van der Waals surface area contributed by atoms with Crippen molar-refractivity contribution in [2.24, 2.45) is 0 Å². The number of nitrogens with one attached hydrogen (secondary N) is 1. The summed E-state index contributed by atoms with van der Waals surface area (Å²) in [7, 11) is 1.23. The molecule has 0 aliphatic heterocycles. The third-order valence-corrected chi connectivity index (χ3v) is 4.64. The SMILES string of the molecule is COC(=O)[C@H](Cc1ccc(OC(=O)OC(C)C)c(OC(=O)OC(C)C)c1)NCCOC(=O)Oc1ccccc1. The lowest BCUT2D eigenvalue weighted by molar-refractivity contribution is -0.143. The van der Waals surface area contributed by atoms with Crippen molar-refractivity contribution in [1.82, 2.24) is 5.32 Å². The first-order valence-electron chi connectivity index (χ1n) is 12.2. The molecule has 0 heterocycles. The van der Waals surface area contributed by atoms with E-state index in [1.807, 2.05) is 0 Å². The van der Waals surface area contributed by atoms with E-state index in [9.17, 15) is 19.2 Å². The van der Waals surface area contributed by atoms with E-state index in [0.717, 1.165) is 0 Å². The molecular formula is C27H33NO11. The maximum Gasteiger partial charge on any atom is 0.514 e. The van der Waals surface area contributed by atoms with E-state index in [4.69, 9.17) is 33.2 Å². The first-order chi connectivity index (χ1) is 18.6. The fourth-order valence-electron chi connectivity index (χ4n) is 3.05. The zero-order valence-electron chi connectivity index (χ0n) is 22.5. The summed E-state index contributed by atoms with van der Waals surface area (Å²) in [5.41, 5.74) is 0.527. The minimum atomic E-state index is -1.01.